The van der Waals surface area contributed by atoms with Crippen molar-refractivity contribution < 1.29 is 14.3 Å². The molecule has 3 N–H and O–H groups in total. The molecule has 3 rings (SSSR count). The Labute approximate surface area is 152 Å². The number of nitrogens with one attached hydrogen (secondary N) is 1. The van der Waals surface area contributed by atoms with E-state index in [1.54, 1.807) is 18.2 Å². The van der Waals surface area contributed by atoms with Crippen LogP contribution in [0.5, 0.6) is 17.2 Å². The number of nitrogens with two attached hydrogens (primary N) is 1. The molecular formula is C21H20N2O3. The van der Waals surface area contributed by atoms with Gasteiger partial charge in [0.1, 0.15) is 17.2 Å². The topological polar surface area (TPSA) is 73.6 Å². The number of hydrogen-bond donors (Lipinski definition) is 2. The quantitative estimate of drug-likeness (QED) is 0.648. The molecule has 132 valence electrons. The highest BCUT2D eigenvalue weighted by Crippen LogP contribution is 2.27. The summed E-state index contributed by atoms with van der Waals surface area (Å²) in [6.45, 7) is 1.84. The Morgan fingerprint density at radius 2 is 1.69 bits per heavy atom. The van der Waals surface area contributed by atoms with Crippen molar-refractivity contribution >= 4 is 17.3 Å². The Morgan fingerprint density at radius 3 is 2.46 bits per heavy atom. The van der Waals surface area contributed by atoms with Gasteiger partial charge in [-0.05, 0) is 36.8 Å². The van der Waals surface area contributed by atoms with Crippen LogP contribution >= 0.6 is 0 Å². The number of carbonyl (C=O) groups is 1. The summed E-state index contributed by atoms with van der Waals surface area (Å²) in [5.74, 6) is 1.65. The van der Waals surface area contributed by atoms with Crippen LogP contribution in [0.15, 0.2) is 72.8 Å². The summed E-state index contributed by atoms with van der Waals surface area (Å²) in [6.07, 6.45) is 0. The summed E-state index contributed by atoms with van der Waals surface area (Å²) in [5.41, 5.74) is 7.93. The molecule has 0 bridgehead atoms. The lowest BCUT2D eigenvalue weighted by Crippen LogP contribution is -2.20. The molecule has 3 aromatic carbocycles. The van der Waals surface area contributed by atoms with Gasteiger partial charge in [0.05, 0.1) is 0 Å². The smallest absolute Gasteiger partial charge is 0.262 e. The number of rotatable bonds is 6. The van der Waals surface area contributed by atoms with Gasteiger partial charge in [0.25, 0.3) is 5.91 Å². The van der Waals surface area contributed by atoms with Crippen molar-refractivity contribution in [2.45, 2.75) is 6.92 Å². The second-order valence-corrected chi connectivity index (χ2v) is 5.81. The van der Waals surface area contributed by atoms with Gasteiger partial charge >= 0.3 is 0 Å². The normalized spacial score (nSPS) is 10.2. The number of para-hydroxylation sites is 2. The molecule has 0 fully saturated rings. The van der Waals surface area contributed by atoms with Gasteiger partial charge in [-0.15, -0.1) is 0 Å². The third-order valence-corrected chi connectivity index (χ3v) is 3.64. The first-order chi connectivity index (χ1) is 12.6. The number of anilines is 2. The maximum atomic E-state index is 12.2. The van der Waals surface area contributed by atoms with E-state index in [-0.39, 0.29) is 12.5 Å². The molecule has 3 aromatic rings. The molecule has 0 heterocycles. The summed E-state index contributed by atoms with van der Waals surface area (Å²) >= 11 is 0. The fourth-order valence-corrected chi connectivity index (χ4v) is 2.44. The molecule has 5 heteroatoms. The van der Waals surface area contributed by atoms with Crippen molar-refractivity contribution in [3.05, 3.63) is 78.4 Å². The van der Waals surface area contributed by atoms with Crippen LogP contribution in [-0.2, 0) is 4.79 Å². The molecule has 0 aliphatic rings. The predicted octanol–water partition coefficient (Wildman–Crippen LogP) is 4.39. The number of nitrogen functional groups attached to an aromatic ring is 1. The lowest BCUT2D eigenvalue weighted by molar-refractivity contribution is -0.118. The average Bonchev–Trinajstić information content (AvgIpc) is 2.61. The maximum Gasteiger partial charge on any atom is 0.262 e. The predicted molar refractivity (Wildman–Crippen MR) is 103 cm³/mol. The van der Waals surface area contributed by atoms with Gasteiger partial charge < -0.3 is 20.5 Å². The largest absolute Gasteiger partial charge is 0.483 e. The third kappa shape index (κ3) is 4.77. The van der Waals surface area contributed by atoms with Gasteiger partial charge in [0, 0.05) is 23.5 Å². The van der Waals surface area contributed by atoms with E-state index < -0.39 is 0 Å². The zero-order valence-electron chi connectivity index (χ0n) is 14.4. The molecule has 0 aromatic heterocycles. The lowest BCUT2D eigenvalue weighted by atomic mass is 10.2. The number of amides is 1. The molecule has 0 aliphatic heterocycles. The van der Waals surface area contributed by atoms with E-state index in [0.29, 0.717) is 28.6 Å². The zero-order chi connectivity index (χ0) is 18.4. The Balaban J connectivity index is 1.63. The van der Waals surface area contributed by atoms with Crippen LogP contribution in [-0.4, -0.2) is 12.5 Å². The number of benzene rings is 3. The van der Waals surface area contributed by atoms with E-state index in [1.807, 2.05) is 61.5 Å². The van der Waals surface area contributed by atoms with Gasteiger partial charge in [-0.1, -0.05) is 36.4 Å². The van der Waals surface area contributed by atoms with Gasteiger partial charge in [0.15, 0.2) is 6.61 Å². The Kier molecular flexibility index (Phi) is 5.39. The molecule has 5 nitrogen and oxygen atoms in total. The maximum absolute atomic E-state index is 12.2. The summed E-state index contributed by atoms with van der Waals surface area (Å²) in [5, 5.41) is 2.77. The van der Waals surface area contributed by atoms with Crippen LogP contribution in [0.3, 0.4) is 0 Å². The first-order valence-electron chi connectivity index (χ1n) is 8.22. The van der Waals surface area contributed by atoms with E-state index >= 15 is 0 Å². The van der Waals surface area contributed by atoms with Gasteiger partial charge in [0.2, 0.25) is 0 Å². The van der Waals surface area contributed by atoms with Crippen LogP contribution in [0.4, 0.5) is 11.4 Å². The van der Waals surface area contributed by atoms with E-state index in [9.17, 15) is 4.79 Å². The second-order valence-electron chi connectivity index (χ2n) is 5.81. The van der Waals surface area contributed by atoms with E-state index in [2.05, 4.69) is 5.32 Å². The Hall–Kier alpha value is -3.47. The molecule has 1 amide bonds. The minimum Gasteiger partial charge on any atom is -0.483 e. The summed E-state index contributed by atoms with van der Waals surface area (Å²) in [4.78, 5) is 12.2. The molecule has 0 radical (unpaired) electrons. The fourth-order valence-electron chi connectivity index (χ4n) is 2.44. The first kappa shape index (κ1) is 17.4. The number of carbonyl (C=O) groups excluding carboxylic acids is 1. The average molecular weight is 348 g/mol. The van der Waals surface area contributed by atoms with Gasteiger partial charge in [-0.2, -0.15) is 0 Å². The number of aryl methyl sites for hydroxylation is 1. The molecule has 0 spiro atoms. The molecule has 0 saturated heterocycles. The SMILES string of the molecule is Cc1ccccc1OCC(=O)Nc1cc(N)cc(Oc2ccccc2)c1. The zero-order valence-corrected chi connectivity index (χ0v) is 14.4. The highest BCUT2D eigenvalue weighted by molar-refractivity contribution is 5.92. The van der Waals surface area contributed by atoms with Gasteiger partial charge in [-0.3, -0.25) is 4.79 Å². The van der Waals surface area contributed by atoms with Crippen molar-refractivity contribution in [2.75, 3.05) is 17.7 Å². The number of hydrogen-bond acceptors (Lipinski definition) is 4. The second kappa shape index (κ2) is 8.07. The number of ether oxygens (including phenoxy) is 2. The molecule has 0 aliphatic carbocycles. The standard InChI is InChI=1S/C21H20N2O3/c1-15-7-5-6-10-20(15)25-14-21(24)23-17-11-16(22)12-19(13-17)26-18-8-3-2-4-9-18/h2-13H,14,22H2,1H3,(H,23,24). The van der Waals surface area contributed by atoms with Crippen molar-refractivity contribution in [3.63, 3.8) is 0 Å². The van der Waals surface area contributed by atoms with Crippen molar-refractivity contribution in [2.24, 2.45) is 0 Å². The van der Waals surface area contributed by atoms with Crippen LogP contribution in [0.2, 0.25) is 0 Å². The summed E-state index contributed by atoms with van der Waals surface area (Å²) in [6, 6.07) is 22.0. The first-order valence-corrected chi connectivity index (χ1v) is 8.22. The molecule has 0 saturated carbocycles. The minimum atomic E-state index is -0.274. The van der Waals surface area contributed by atoms with Crippen molar-refractivity contribution in [1.29, 1.82) is 0 Å². The highest BCUT2D eigenvalue weighted by Gasteiger charge is 2.08. The van der Waals surface area contributed by atoms with Crippen LogP contribution in [0, 0.1) is 6.92 Å². The minimum absolute atomic E-state index is 0.0888. The van der Waals surface area contributed by atoms with Crippen LogP contribution < -0.4 is 20.5 Å². The van der Waals surface area contributed by atoms with E-state index in [0.717, 1.165) is 5.56 Å². The van der Waals surface area contributed by atoms with Crippen LogP contribution in [0.25, 0.3) is 0 Å². The molecule has 0 unspecified atom stereocenters. The highest BCUT2D eigenvalue weighted by atomic mass is 16.5. The van der Waals surface area contributed by atoms with Gasteiger partial charge in [-0.25, -0.2) is 0 Å². The molecular weight excluding hydrogens is 328 g/mol. The molecule has 0 atom stereocenters. The summed E-state index contributed by atoms with van der Waals surface area (Å²) < 4.78 is 11.3. The lowest BCUT2D eigenvalue weighted by Gasteiger charge is -2.12. The Morgan fingerprint density at radius 1 is 0.962 bits per heavy atom. The van der Waals surface area contributed by atoms with Crippen LogP contribution in [0.1, 0.15) is 5.56 Å². The Bertz CT molecular complexity index is 895. The third-order valence-electron chi connectivity index (χ3n) is 3.64. The summed E-state index contributed by atoms with van der Waals surface area (Å²) in [7, 11) is 0. The van der Waals surface area contributed by atoms with Crippen molar-refractivity contribution in [3.8, 4) is 17.2 Å². The van der Waals surface area contributed by atoms with E-state index in [4.69, 9.17) is 15.2 Å². The van der Waals surface area contributed by atoms with Crippen molar-refractivity contribution in [1.82, 2.24) is 0 Å². The molecule has 26 heavy (non-hydrogen) atoms. The monoisotopic (exact) mass is 348 g/mol. The van der Waals surface area contributed by atoms with E-state index in [1.165, 1.54) is 0 Å². The fraction of sp³-hybridized carbons (Fsp3) is 0.0952.